The number of fused-ring (bicyclic) bond motifs is 2. The molecule has 3 nitrogen and oxygen atoms in total. The Bertz CT molecular complexity index is 958. The third-order valence-electron chi connectivity index (χ3n) is 3.64. The zero-order valence-electron chi connectivity index (χ0n) is 11.4. The van der Waals surface area contributed by atoms with Crippen LogP contribution in [0.4, 0.5) is 0 Å². The van der Waals surface area contributed by atoms with Gasteiger partial charge in [0.25, 0.3) is 5.78 Å². The van der Waals surface area contributed by atoms with E-state index >= 15 is 0 Å². The van der Waals surface area contributed by atoms with Gasteiger partial charge in [-0.25, -0.2) is 0 Å². The zero-order chi connectivity index (χ0) is 14.4. The molecule has 0 amide bonds. The first kappa shape index (κ1) is 12.0. The quantitative estimate of drug-likeness (QED) is 0.515. The van der Waals surface area contributed by atoms with Crippen molar-refractivity contribution in [1.82, 2.24) is 0 Å². The molecular formula is C18H12O3. The molecule has 2 aromatic rings. The lowest BCUT2D eigenvalue weighted by molar-refractivity contribution is 0.478. The van der Waals surface area contributed by atoms with Gasteiger partial charge in [-0.3, -0.25) is 4.79 Å². The molecule has 0 radical (unpaired) electrons. The van der Waals surface area contributed by atoms with Crippen LogP contribution in [0.3, 0.4) is 0 Å². The predicted octanol–water partition coefficient (Wildman–Crippen LogP) is 4.47. The van der Waals surface area contributed by atoms with E-state index in [1.54, 1.807) is 12.3 Å². The van der Waals surface area contributed by atoms with Gasteiger partial charge in [0.15, 0.2) is 5.43 Å². The summed E-state index contributed by atoms with van der Waals surface area (Å²) in [6.07, 6.45) is 1.69. The highest BCUT2D eigenvalue weighted by molar-refractivity contribution is 5.93. The van der Waals surface area contributed by atoms with Crippen LogP contribution in [0.5, 0.6) is 0 Å². The van der Waals surface area contributed by atoms with Crippen LogP contribution >= 0.6 is 0 Å². The molecule has 102 valence electrons. The van der Waals surface area contributed by atoms with E-state index in [2.05, 4.69) is 31.2 Å². The highest BCUT2D eigenvalue weighted by Gasteiger charge is 2.14. The van der Waals surface area contributed by atoms with Gasteiger partial charge in [0.05, 0.1) is 5.39 Å². The van der Waals surface area contributed by atoms with Crippen LogP contribution in [0.15, 0.2) is 68.4 Å². The highest BCUT2D eigenvalue weighted by atomic mass is 16.5. The summed E-state index contributed by atoms with van der Waals surface area (Å²) < 4.78 is 11.2. The number of rotatable bonds is 1. The summed E-state index contributed by atoms with van der Waals surface area (Å²) in [5.41, 5.74) is 4.09. The molecule has 0 spiro atoms. The van der Waals surface area contributed by atoms with Crippen LogP contribution < -0.4 is 5.43 Å². The first-order valence-corrected chi connectivity index (χ1v) is 6.73. The molecule has 0 unspecified atom stereocenters. The summed E-state index contributed by atoms with van der Waals surface area (Å²) in [5, 5.41) is 0.907. The Morgan fingerprint density at radius 3 is 2.48 bits per heavy atom. The fourth-order valence-electron chi connectivity index (χ4n) is 2.50. The average Bonchev–Trinajstić information content (AvgIpc) is 2.88. The van der Waals surface area contributed by atoms with Gasteiger partial charge in [-0.1, -0.05) is 29.8 Å². The number of hydrogen-bond donors (Lipinski definition) is 0. The number of benzene rings is 2. The fourth-order valence-corrected chi connectivity index (χ4v) is 2.50. The monoisotopic (exact) mass is 276 g/mol. The van der Waals surface area contributed by atoms with Crippen LogP contribution in [-0.4, -0.2) is 0 Å². The van der Waals surface area contributed by atoms with Gasteiger partial charge < -0.3 is 8.83 Å². The lowest BCUT2D eigenvalue weighted by Crippen LogP contribution is -1.97. The highest BCUT2D eigenvalue weighted by Crippen LogP contribution is 2.35. The van der Waals surface area contributed by atoms with Crippen LogP contribution in [0.25, 0.3) is 33.6 Å². The zero-order valence-corrected chi connectivity index (χ0v) is 11.4. The molecule has 2 aliphatic rings. The molecule has 0 bridgehead atoms. The van der Waals surface area contributed by atoms with Crippen molar-refractivity contribution in [2.45, 2.75) is 6.92 Å². The van der Waals surface area contributed by atoms with Gasteiger partial charge in [0, 0.05) is 17.2 Å². The van der Waals surface area contributed by atoms with Gasteiger partial charge in [-0.2, -0.15) is 0 Å². The van der Waals surface area contributed by atoms with Crippen molar-refractivity contribution in [3.05, 3.63) is 70.6 Å². The van der Waals surface area contributed by atoms with Gasteiger partial charge in [-0.15, -0.1) is 0 Å². The average molecular weight is 276 g/mol. The van der Waals surface area contributed by atoms with Gasteiger partial charge in [0.1, 0.15) is 12.0 Å². The minimum atomic E-state index is -0.0732. The topological polar surface area (TPSA) is 43.4 Å². The minimum absolute atomic E-state index is 0.0732. The van der Waals surface area contributed by atoms with E-state index in [0.717, 1.165) is 22.1 Å². The van der Waals surface area contributed by atoms with Gasteiger partial charge in [-0.05, 0) is 30.7 Å². The van der Waals surface area contributed by atoms with Gasteiger partial charge in [0.2, 0.25) is 0 Å². The maximum absolute atomic E-state index is 11.4. The van der Waals surface area contributed by atoms with Crippen molar-refractivity contribution in [2.24, 2.45) is 0 Å². The smallest absolute Gasteiger partial charge is 0.298 e. The normalized spacial score (nSPS) is 11.3. The Morgan fingerprint density at radius 1 is 0.905 bits per heavy atom. The van der Waals surface area contributed by atoms with Crippen LogP contribution in [0, 0.1) is 6.92 Å². The third-order valence-corrected chi connectivity index (χ3v) is 3.64. The number of aryl methyl sites for hydroxylation is 1. The van der Waals surface area contributed by atoms with E-state index in [4.69, 9.17) is 8.83 Å². The van der Waals surface area contributed by atoms with E-state index in [9.17, 15) is 4.79 Å². The van der Waals surface area contributed by atoms with E-state index < -0.39 is 0 Å². The maximum Gasteiger partial charge on any atom is 0.298 e. The lowest BCUT2D eigenvalue weighted by Gasteiger charge is -2.04. The lowest BCUT2D eigenvalue weighted by atomic mass is 10.0. The molecule has 1 aliphatic heterocycles. The molecule has 1 aliphatic carbocycles. The van der Waals surface area contributed by atoms with Crippen molar-refractivity contribution in [3.8, 4) is 22.5 Å². The first-order valence-electron chi connectivity index (χ1n) is 6.73. The maximum atomic E-state index is 11.4. The van der Waals surface area contributed by atoms with Crippen LogP contribution in [0.1, 0.15) is 5.56 Å². The van der Waals surface area contributed by atoms with Gasteiger partial charge >= 0.3 is 0 Å². The second-order valence-corrected chi connectivity index (χ2v) is 5.16. The summed E-state index contributed by atoms with van der Waals surface area (Å²) in [6.45, 7) is 2.06. The molecule has 1 aromatic carbocycles. The van der Waals surface area contributed by atoms with E-state index in [1.165, 1.54) is 17.7 Å². The summed E-state index contributed by atoms with van der Waals surface area (Å²) in [5.74, 6) is 0.975. The van der Waals surface area contributed by atoms with Crippen LogP contribution in [-0.2, 0) is 0 Å². The number of furan rings is 1. The second kappa shape index (κ2) is 4.35. The second-order valence-electron chi connectivity index (χ2n) is 5.16. The molecule has 3 heteroatoms. The number of hydrogen-bond acceptors (Lipinski definition) is 3. The van der Waals surface area contributed by atoms with Crippen molar-refractivity contribution in [2.75, 3.05) is 0 Å². The molecular weight excluding hydrogens is 264 g/mol. The summed E-state index contributed by atoms with van der Waals surface area (Å²) >= 11 is 0. The Kier molecular flexibility index (Phi) is 2.48. The van der Waals surface area contributed by atoms with Crippen molar-refractivity contribution < 1.29 is 8.83 Å². The van der Waals surface area contributed by atoms with Crippen molar-refractivity contribution >= 4 is 11.2 Å². The molecule has 21 heavy (non-hydrogen) atoms. The summed E-state index contributed by atoms with van der Waals surface area (Å²) in [6, 6.07) is 15.0. The first-order chi connectivity index (χ1) is 10.2. The summed E-state index contributed by atoms with van der Waals surface area (Å²) in [4.78, 5) is 11.4. The minimum Gasteiger partial charge on any atom is -0.433 e. The molecule has 2 heterocycles. The van der Waals surface area contributed by atoms with Crippen molar-refractivity contribution in [1.29, 1.82) is 0 Å². The van der Waals surface area contributed by atoms with E-state index in [0.29, 0.717) is 11.5 Å². The Hall–Kier alpha value is -2.81. The largest absolute Gasteiger partial charge is 0.433 e. The Morgan fingerprint density at radius 2 is 1.67 bits per heavy atom. The molecule has 0 saturated heterocycles. The molecule has 0 saturated carbocycles. The standard InChI is InChI=1S/C18H12O3/c1-11-2-4-12(5-3-11)16-10-20-18-15(16)8-13-6-7-14(19)9-17(13)21-18/h2-10H,1H3. The third kappa shape index (κ3) is 1.94. The van der Waals surface area contributed by atoms with E-state index in [1.807, 2.05) is 6.07 Å². The molecule has 0 atom stereocenters. The molecule has 1 aromatic heterocycles. The predicted molar refractivity (Wildman–Crippen MR) is 81.5 cm³/mol. The Labute approximate surface area is 120 Å². The fraction of sp³-hybridized carbons (Fsp3) is 0.0556. The molecule has 0 fully saturated rings. The molecule has 0 N–H and O–H groups in total. The van der Waals surface area contributed by atoms with Crippen molar-refractivity contribution in [3.63, 3.8) is 0 Å². The summed E-state index contributed by atoms with van der Waals surface area (Å²) in [7, 11) is 0. The van der Waals surface area contributed by atoms with Crippen LogP contribution in [0.2, 0.25) is 0 Å². The van der Waals surface area contributed by atoms with E-state index in [-0.39, 0.29) is 5.43 Å². The molecule has 4 rings (SSSR count). The Balaban J connectivity index is 2.00. The SMILES string of the molecule is Cc1ccc(-c2coc3oc4cc(=O)ccc-4cc23)cc1.